The lowest BCUT2D eigenvalue weighted by Gasteiger charge is -2.08. The SMILES string of the molecule is O=c1[nH]nnn1-c1ccc(-c2ccc(C(F)(F)F)cc2)cc1. The largest absolute Gasteiger partial charge is 0.416 e. The van der Waals surface area contributed by atoms with Gasteiger partial charge in [0.2, 0.25) is 0 Å². The molecule has 112 valence electrons. The summed E-state index contributed by atoms with van der Waals surface area (Å²) in [6.07, 6.45) is -4.35. The molecular weight excluding hydrogens is 297 g/mol. The zero-order chi connectivity index (χ0) is 15.7. The molecule has 0 amide bonds. The topological polar surface area (TPSA) is 63.6 Å². The van der Waals surface area contributed by atoms with Crippen molar-refractivity contribution >= 4 is 0 Å². The number of H-pyrrole nitrogens is 1. The van der Waals surface area contributed by atoms with Gasteiger partial charge in [-0.2, -0.15) is 17.9 Å². The van der Waals surface area contributed by atoms with Gasteiger partial charge in [0.15, 0.2) is 0 Å². The quantitative estimate of drug-likeness (QED) is 0.791. The Morgan fingerprint density at radius 2 is 1.45 bits per heavy atom. The highest BCUT2D eigenvalue weighted by Crippen LogP contribution is 2.31. The van der Waals surface area contributed by atoms with E-state index in [0.29, 0.717) is 11.3 Å². The van der Waals surface area contributed by atoms with Crippen LogP contribution in [0.1, 0.15) is 5.56 Å². The first-order chi connectivity index (χ1) is 10.4. The predicted molar refractivity (Wildman–Crippen MR) is 72.4 cm³/mol. The van der Waals surface area contributed by atoms with Crippen molar-refractivity contribution in [2.45, 2.75) is 6.18 Å². The maximum absolute atomic E-state index is 12.5. The molecule has 1 aromatic heterocycles. The summed E-state index contributed by atoms with van der Waals surface area (Å²) < 4.78 is 38.6. The molecule has 0 saturated heterocycles. The Kier molecular flexibility index (Phi) is 3.28. The van der Waals surface area contributed by atoms with E-state index in [4.69, 9.17) is 0 Å². The Labute approximate surface area is 122 Å². The summed E-state index contributed by atoms with van der Waals surface area (Å²) in [7, 11) is 0. The summed E-state index contributed by atoms with van der Waals surface area (Å²) in [5.74, 6) is 0. The molecule has 22 heavy (non-hydrogen) atoms. The highest BCUT2D eigenvalue weighted by atomic mass is 19.4. The van der Waals surface area contributed by atoms with Gasteiger partial charge < -0.3 is 0 Å². The van der Waals surface area contributed by atoms with E-state index in [2.05, 4.69) is 15.5 Å². The monoisotopic (exact) mass is 306 g/mol. The summed E-state index contributed by atoms with van der Waals surface area (Å²) >= 11 is 0. The summed E-state index contributed by atoms with van der Waals surface area (Å²) in [5, 5.41) is 9.15. The smallest absolute Gasteiger partial charge is 0.244 e. The van der Waals surface area contributed by atoms with Crippen molar-refractivity contribution in [3.63, 3.8) is 0 Å². The number of benzene rings is 2. The molecule has 0 radical (unpaired) electrons. The fraction of sp³-hybridized carbons (Fsp3) is 0.0714. The number of aromatic nitrogens is 4. The van der Waals surface area contributed by atoms with Gasteiger partial charge in [-0.3, -0.25) is 0 Å². The van der Waals surface area contributed by atoms with E-state index in [9.17, 15) is 18.0 Å². The molecule has 8 heteroatoms. The third-order valence-corrected chi connectivity index (χ3v) is 3.13. The average molecular weight is 306 g/mol. The van der Waals surface area contributed by atoms with E-state index in [0.717, 1.165) is 22.4 Å². The Balaban J connectivity index is 1.90. The van der Waals surface area contributed by atoms with Crippen molar-refractivity contribution < 1.29 is 13.2 Å². The minimum atomic E-state index is -4.35. The van der Waals surface area contributed by atoms with Crippen molar-refractivity contribution in [2.24, 2.45) is 0 Å². The predicted octanol–water partition coefficient (Wildman–Crippen LogP) is 2.64. The Bertz CT molecular complexity index is 832. The first kappa shape index (κ1) is 14.1. The van der Waals surface area contributed by atoms with E-state index in [1.54, 1.807) is 24.3 Å². The van der Waals surface area contributed by atoms with Gasteiger partial charge in [0.1, 0.15) is 0 Å². The maximum Gasteiger partial charge on any atom is 0.416 e. The number of aromatic amines is 1. The van der Waals surface area contributed by atoms with Crippen molar-refractivity contribution in [3.8, 4) is 16.8 Å². The molecule has 2 aromatic carbocycles. The Morgan fingerprint density at radius 3 is 1.91 bits per heavy atom. The van der Waals surface area contributed by atoms with E-state index < -0.39 is 17.4 Å². The van der Waals surface area contributed by atoms with Crippen LogP contribution in [0.3, 0.4) is 0 Å². The number of nitrogens with one attached hydrogen (secondary N) is 1. The molecule has 0 aliphatic rings. The van der Waals surface area contributed by atoms with Gasteiger partial charge in [0.25, 0.3) is 0 Å². The van der Waals surface area contributed by atoms with Crippen molar-refractivity contribution in [3.05, 3.63) is 64.6 Å². The van der Waals surface area contributed by atoms with Crippen molar-refractivity contribution in [2.75, 3.05) is 0 Å². The zero-order valence-electron chi connectivity index (χ0n) is 11.0. The summed E-state index contributed by atoms with van der Waals surface area (Å²) in [4.78, 5) is 11.4. The van der Waals surface area contributed by atoms with Gasteiger partial charge >= 0.3 is 11.9 Å². The van der Waals surface area contributed by atoms with Crippen molar-refractivity contribution in [1.29, 1.82) is 0 Å². The highest BCUT2D eigenvalue weighted by molar-refractivity contribution is 5.65. The van der Waals surface area contributed by atoms with Crippen LogP contribution in [0.5, 0.6) is 0 Å². The molecule has 0 fully saturated rings. The van der Waals surface area contributed by atoms with Crippen LogP contribution in [0.15, 0.2) is 53.3 Å². The van der Waals surface area contributed by atoms with Gasteiger partial charge in [0, 0.05) is 0 Å². The number of halogens is 3. The van der Waals surface area contributed by atoms with Gasteiger partial charge in [-0.1, -0.05) is 24.3 Å². The van der Waals surface area contributed by atoms with Crippen LogP contribution in [0.4, 0.5) is 13.2 Å². The minimum Gasteiger partial charge on any atom is -0.244 e. The first-order valence-corrected chi connectivity index (χ1v) is 6.23. The zero-order valence-corrected chi connectivity index (χ0v) is 11.0. The van der Waals surface area contributed by atoms with Gasteiger partial charge in [-0.25, -0.2) is 9.89 Å². The van der Waals surface area contributed by atoms with Crippen LogP contribution >= 0.6 is 0 Å². The molecule has 3 rings (SSSR count). The summed E-state index contributed by atoms with van der Waals surface area (Å²) in [6.45, 7) is 0. The number of nitrogens with zero attached hydrogens (tertiary/aromatic N) is 3. The summed E-state index contributed by atoms with van der Waals surface area (Å²) in [5.41, 5.74) is 0.722. The van der Waals surface area contributed by atoms with Crippen LogP contribution < -0.4 is 5.69 Å². The van der Waals surface area contributed by atoms with Gasteiger partial charge in [0.05, 0.1) is 11.3 Å². The molecular formula is C14H9F3N4O. The molecule has 0 unspecified atom stereocenters. The van der Waals surface area contributed by atoms with Crippen LogP contribution in [-0.4, -0.2) is 20.2 Å². The van der Waals surface area contributed by atoms with Crippen LogP contribution in [0.25, 0.3) is 16.8 Å². The molecule has 3 aromatic rings. The van der Waals surface area contributed by atoms with Crippen LogP contribution in [0.2, 0.25) is 0 Å². The number of hydrogen-bond acceptors (Lipinski definition) is 3. The average Bonchev–Trinajstić information content (AvgIpc) is 2.93. The Hall–Kier alpha value is -2.90. The van der Waals surface area contributed by atoms with Gasteiger partial charge in [-0.05, 0) is 45.8 Å². The standard InChI is InChI=1S/C14H9F3N4O/c15-14(16,17)11-5-1-9(2-6-11)10-3-7-12(8-4-10)21-13(22)18-19-20-21/h1-8H,(H,18,20,22). The number of hydrogen-bond donors (Lipinski definition) is 1. The van der Waals surface area contributed by atoms with E-state index in [1.165, 1.54) is 12.1 Å². The lowest BCUT2D eigenvalue weighted by atomic mass is 10.0. The second kappa shape index (κ2) is 5.14. The third kappa shape index (κ3) is 2.62. The van der Waals surface area contributed by atoms with Gasteiger partial charge in [-0.15, -0.1) is 0 Å². The molecule has 1 heterocycles. The lowest BCUT2D eigenvalue weighted by molar-refractivity contribution is -0.137. The molecule has 5 nitrogen and oxygen atoms in total. The second-order valence-corrected chi connectivity index (χ2v) is 4.54. The molecule has 1 N–H and O–H groups in total. The molecule has 0 spiro atoms. The minimum absolute atomic E-state index is 0.470. The number of rotatable bonds is 2. The van der Waals surface area contributed by atoms with E-state index in [1.807, 2.05) is 0 Å². The Morgan fingerprint density at radius 1 is 0.909 bits per heavy atom. The van der Waals surface area contributed by atoms with Crippen LogP contribution in [0, 0.1) is 0 Å². The molecule has 0 saturated carbocycles. The normalized spacial score (nSPS) is 11.6. The molecule has 0 aliphatic carbocycles. The number of alkyl halides is 3. The van der Waals surface area contributed by atoms with Crippen molar-refractivity contribution in [1.82, 2.24) is 20.2 Å². The fourth-order valence-corrected chi connectivity index (χ4v) is 2.01. The van der Waals surface area contributed by atoms with E-state index >= 15 is 0 Å². The second-order valence-electron chi connectivity index (χ2n) is 4.54. The maximum atomic E-state index is 12.5. The summed E-state index contributed by atoms with van der Waals surface area (Å²) in [6, 6.07) is 11.5. The molecule has 0 atom stereocenters. The third-order valence-electron chi connectivity index (χ3n) is 3.13. The molecule has 0 bridgehead atoms. The lowest BCUT2D eigenvalue weighted by Crippen LogP contribution is -2.15. The highest BCUT2D eigenvalue weighted by Gasteiger charge is 2.29. The van der Waals surface area contributed by atoms with Crippen LogP contribution in [-0.2, 0) is 6.18 Å². The van der Waals surface area contributed by atoms with E-state index in [-0.39, 0.29) is 0 Å². The fourth-order valence-electron chi connectivity index (χ4n) is 2.01. The number of tetrazole rings is 1. The first-order valence-electron chi connectivity index (χ1n) is 6.23. The molecule has 0 aliphatic heterocycles.